The van der Waals surface area contributed by atoms with E-state index >= 15 is 0 Å². The van der Waals surface area contributed by atoms with Gasteiger partial charge in [0.15, 0.2) is 0 Å². The molecule has 0 saturated carbocycles. The number of rotatable bonds is 4. The number of anilines is 1. The molecular weight excluding hydrogens is 363 g/mol. The van der Waals surface area contributed by atoms with Gasteiger partial charge in [-0.05, 0) is 30.9 Å². The maximum atomic E-state index is 13.8. The van der Waals surface area contributed by atoms with Gasteiger partial charge in [0.2, 0.25) is 11.7 Å². The van der Waals surface area contributed by atoms with Crippen molar-refractivity contribution in [2.75, 3.05) is 18.4 Å². The Hall–Kier alpha value is -3.36. The van der Waals surface area contributed by atoms with E-state index in [2.05, 4.69) is 25.4 Å². The minimum absolute atomic E-state index is 0.181. The fourth-order valence-electron chi connectivity index (χ4n) is 3.28. The zero-order valence-corrected chi connectivity index (χ0v) is 15.1. The second-order valence-electron chi connectivity index (χ2n) is 6.67. The van der Waals surface area contributed by atoms with Gasteiger partial charge in [-0.2, -0.15) is 4.98 Å². The summed E-state index contributed by atoms with van der Waals surface area (Å²) in [5.41, 5.74) is 0.729. The summed E-state index contributed by atoms with van der Waals surface area (Å²) in [6.45, 7) is 1.18. The molecule has 1 fully saturated rings. The predicted octanol–water partition coefficient (Wildman–Crippen LogP) is 3.15. The first kappa shape index (κ1) is 18.0. The molecule has 0 aliphatic carbocycles. The Balaban J connectivity index is 1.37. The predicted molar refractivity (Wildman–Crippen MR) is 98.7 cm³/mol. The fourth-order valence-corrected chi connectivity index (χ4v) is 3.28. The number of piperidine rings is 1. The summed E-state index contributed by atoms with van der Waals surface area (Å²) in [6.07, 6.45) is 7.10. The van der Waals surface area contributed by atoms with E-state index in [1.165, 1.54) is 6.07 Å². The van der Waals surface area contributed by atoms with E-state index in [1.807, 2.05) is 0 Å². The fraction of sp³-hybridized carbons (Fsp3) is 0.316. The van der Waals surface area contributed by atoms with Crippen LogP contribution in [0.1, 0.15) is 18.7 Å². The summed E-state index contributed by atoms with van der Waals surface area (Å²) in [6, 6.07) is 5.82. The van der Waals surface area contributed by atoms with Crippen molar-refractivity contribution in [2.24, 2.45) is 5.92 Å². The van der Waals surface area contributed by atoms with E-state index in [9.17, 15) is 9.18 Å². The highest BCUT2D eigenvalue weighted by Gasteiger charge is 2.26. The van der Waals surface area contributed by atoms with E-state index in [4.69, 9.17) is 4.52 Å². The molecule has 2 aromatic heterocycles. The monoisotopic (exact) mass is 382 g/mol. The molecule has 28 heavy (non-hydrogen) atoms. The zero-order chi connectivity index (χ0) is 19.3. The number of nitrogens with zero attached hydrogens (tertiary/aromatic N) is 5. The molecule has 0 bridgehead atoms. The average Bonchev–Trinajstić information content (AvgIpc) is 3.19. The summed E-state index contributed by atoms with van der Waals surface area (Å²) in [7, 11) is 0. The van der Waals surface area contributed by atoms with Crippen molar-refractivity contribution in [2.45, 2.75) is 19.3 Å². The number of urea groups is 1. The summed E-state index contributed by atoms with van der Waals surface area (Å²) >= 11 is 0. The van der Waals surface area contributed by atoms with Gasteiger partial charge in [-0.15, -0.1) is 0 Å². The van der Waals surface area contributed by atoms with E-state index < -0.39 is 5.82 Å². The molecule has 3 heterocycles. The number of nitrogens with one attached hydrogen (secondary N) is 1. The Kier molecular flexibility index (Phi) is 5.22. The lowest BCUT2D eigenvalue weighted by Crippen LogP contribution is -2.43. The lowest BCUT2D eigenvalue weighted by Gasteiger charge is -2.32. The molecule has 1 N–H and O–H groups in total. The Morgan fingerprint density at radius 3 is 3.04 bits per heavy atom. The van der Waals surface area contributed by atoms with Gasteiger partial charge < -0.3 is 14.7 Å². The second-order valence-corrected chi connectivity index (χ2v) is 6.67. The summed E-state index contributed by atoms with van der Waals surface area (Å²) in [4.78, 5) is 26.7. The number of amides is 2. The van der Waals surface area contributed by atoms with Crippen molar-refractivity contribution in [1.82, 2.24) is 25.0 Å². The van der Waals surface area contributed by atoms with E-state index in [1.54, 1.807) is 41.7 Å². The zero-order valence-electron chi connectivity index (χ0n) is 15.1. The van der Waals surface area contributed by atoms with Crippen molar-refractivity contribution in [3.63, 3.8) is 0 Å². The third-order valence-electron chi connectivity index (χ3n) is 4.65. The third kappa shape index (κ3) is 4.13. The molecule has 2 amide bonds. The van der Waals surface area contributed by atoms with Crippen molar-refractivity contribution in [1.29, 1.82) is 0 Å². The number of carbonyl (C=O) groups is 1. The molecule has 9 heteroatoms. The maximum Gasteiger partial charge on any atom is 0.321 e. The van der Waals surface area contributed by atoms with Crippen LogP contribution in [0.4, 0.5) is 14.9 Å². The molecule has 1 atom stereocenters. The Bertz CT molecular complexity index is 948. The molecule has 8 nitrogen and oxygen atoms in total. The van der Waals surface area contributed by atoms with Gasteiger partial charge in [-0.1, -0.05) is 17.3 Å². The van der Waals surface area contributed by atoms with Gasteiger partial charge in [0.25, 0.3) is 0 Å². The highest BCUT2D eigenvalue weighted by Crippen LogP contribution is 2.22. The molecule has 3 aromatic rings. The van der Waals surface area contributed by atoms with Crippen LogP contribution in [0, 0.1) is 11.7 Å². The lowest BCUT2D eigenvalue weighted by molar-refractivity contribution is 0.173. The normalized spacial score (nSPS) is 16.8. The lowest BCUT2D eigenvalue weighted by atomic mass is 9.95. The van der Waals surface area contributed by atoms with E-state index in [0.717, 1.165) is 12.8 Å². The minimum Gasteiger partial charge on any atom is -0.339 e. The number of hydrogen-bond acceptors (Lipinski definition) is 6. The number of aromatic nitrogens is 4. The second kappa shape index (κ2) is 8.12. The van der Waals surface area contributed by atoms with Crippen molar-refractivity contribution < 1.29 is 13.7 Å². The van der Waals surface area contributed by atoms with Crippen LogP contribution in [0.25, 0.3) is 11.5 Å². The van der Waals surface area contributed by atoms with E-state index in [-0.39, 0.29) is 17.6 Å². The van der Waals surface area contributed by atoms with Crippen LogP contribution in [-0.2, 0) is 6.42 Å². The molecule has 1 aliphatic rings. The Labute approximate surface area is 160 Å². The number of likely N-dealkylation sites (tertiary alicyclic amines) is 1. The highest BCUT2D eigenvalue weighted by molar-refractivity contribution is 5.89. The minimum atomic E-state index is -0.452. The van der Waals surface area contributed by atoms with Gasteiger partial charge in [0.05, 0.1) is 11.9 Å². The molecule has 1 saturated heterocycles. The van der Waals surface area contributed by atoms with Crippen molar-refractivity contribution in [3.05, 3.63) is 54.6 Å². The summed E-state index contributed by atoms with van der Waals surface area (Å²) < 4.78 is 19.1. The van der Waals surface area contributed by atoms with Gasteiger partial charge in [-0.25, -0.2) is 14.2 Å². The smallest absolute Gasteiger partial charge is 0.321 e. The third-order valence-corrected chi connectivity index (χ3v) is 4.65. The summed E-state index contributed by atoms with van der Waals surface area (Å²) in [5.74, 6) is 0.636. The quantitative estimate of drug-likeness (QED) is 0.744. The first-order valence-corrected chi connectivity index (χ1v) is 9.08. The molecule has 144 valence electrons. The van der Waals surface area contributed by atoms with Gasteiger partial charge in [0.1, 0.15) is 11.5 Å². The van der Waals surface area contributed by atoms with Gasteiger partial charge in [0, 0.05) is 31.9 Å². The molecular formula is C19H19FN6O2. The van der Waals surface area contributed by atoms with Crippen LogP contribution in [0.5, 0.6) is 0 Å². The van der Waals surface area contributed by atoms with Crippen molar-refractivity contribution in [3.8, 4) is 11.5 Å². The molecule has 4 rings (SSSR count). The molecule has 1 aliphatic heterocycles. The highest BCUT2D eigenvalue weighted by atomic mass is 19.1. The van der Waals surface area contributed by atoms with Crippen LogP contribution < -0.4 is 5.32 Å². The standard InChI is InChI=1S/C19H19FN6O2/c20-14-5-1-2-6-15(14)23-19(27)26-9-3-4-13(12-26)10-17-24-18(25-28-17)16-11-21-7-8-22-16/h1-2,5-8,11,13H,3-4,9-10,12H2,(H,23,27)/t13-/m0/s1. The molecule has 1 aromatic carbocycles. The topological polar surface area (TPSA) is 97.0 Å². The molecule has 0 spiro atoms. The SMILES string of the molecule is O=C(Nc1ccccc1F)N1CCC[C@@H](Cc2nc(-c3cnccn3)no2)C1. The van der Waals surface area contributed by atoms with Crippen LogP contribution in [-0.4, -0.2) is 44.1 Å². The van der Waals surface area contributed by atoms with E-state index in [0.29, 0.717) is 36.9 Å². The Morgan fingerprint density at radius 1 is 1.32 bits per heavy atom. The van der Waals surface area contributed by atoms with Crippen LogP contribution in [0.3, 0.4) is 0 Å². The number of hydrogen-bond donors (Lipinski definition) is 1. The first-order chi connectivity index (χ1) is 13.7. The number of benzene rings is 1. The van der Waals surface area contributed by atoms with Gasteiger partial charge in [-0.3, -0.25) is 4.98 Å². The number of carbonyl (C=O) groups excluding carboxylic acids is 1. The largest absolute Gasteiger partial charge is 0.339 e. The number of halogens is 1. The van der Waals surface area contributed by atoms with Crippen LogP contribution in [0.15, 0.2) is 47.4 Å². The number of para-hydroxylation sites is 1. The maximum absolute atomic E-state index is 13.8. The summed E-state index contributed by atoms with van der Waals surface area (Å²) in [5, 5.41) is 6.58. The molecule has 0 radical (unpaired) electrons. The molecule has 0 unspecified atom stereocenters. The van der Waals surface area contributed by atoms with Gasteiger partial charge >= 0.3 is 6.03 Å². The van der Waals surface area contributed by atoms with Crippen LogP contribution >= 0.6 is 0 Å². The van der Waals surface area contributed by atoms with Crippen LogP contribution in [0.2, 0.25) is 0 Å². The first-order valence-electron chi connectivity index (χ1n) is 9.08. The van der Waals surface area contributed by atoms with Crippen molar-refractivity contribution >= 4 is 11.7 Å². The Morgan fingerprint density at radius 2 is 2.21 bits per heavy atom. The average molecular weight is 382 g/mol.